The van der Waals surface area contributed by atoms with Crippen LogP contribution in [0.25, 0.3) is 5.95 Å². The largest absolute Gasteiger partial charge is 0.394 e. The molecule has 0 fully saturated rings. The van der Waals surface area contributed by atoms with E-state index in [1.54, 1.807) is 18.5 Å². The van der Waals surface area contributed by atoms with Crippen LogP contribution in [0.2, 0.25) is 5.28 Å². The van der Waals surface area contributed by atoms with Crippen LogP contribution >= 0.6 is 11.6 Å². The fraction of sp³-hybridized carbons (Fsp3) is 0.455. The first-order valence-corrected chi connectivity index (χ1v) is 6.27. The molecule has 0 aliphatic rings. The Kier molecular flexibility index (Phi) is 4.28. The van der Waals surface area contributed by atoms with E-state index in [1.165, 1.54) is 4.68 Å². The number of aliphatic hydroxyl groups is 1. The number of halogens is 1. The molecule has 7 nitrogen and oxygen atoms in total. The zero-order valence-electron chi connectivity index (χ0n) is 10.7. The second kappa shape index (κ2) is 5.94. The van der Waals surface area contributed by atoms with Gasteiger partial charge in [-0.05, 0) is 23.6 Å². The van der Waals surface area contributed by atoms with Crippen molar-refractivity contribution in [1.82, 2.24) is 24.7 Å². The summed E-state index contributed by atoms with van der Waals surface area (Å²) in [6, 6.07) is 1.61. The minimum atomic E-state index is -0.149. The van der Waals surface area contributed by atoms with Crippen molar-refractivity contribution in [2.75, 3.05) is 11.9 Å². The first kappa shape index (κ1) is 13.7. The van der Waals surface area contributed by atoms with E-state index in [0.29, 0.717) is 11.9 Å². The van der Waals surface area contributed by atoms with Crippen LogP contribution in [0.5, 0.6) is 0 Å². The van der Waals surface area contributed by atoms with Crippen molar-refractivity contribution in [2.45, 2.75) is 19.9 Å². The summed E-state index contributed by atoms with van der Waals surface area (Å²) in [5.41, 5.74) is 0. The Hall–Kier alpha value is -1.73. The normalized spacial score (nSPS) is 12.7. The van der Waals surface area contributed by atoms with E-state index in [1.807, 2.05) is 13.8 Å². The van der Waals surface area contributed by atoms with Gasteiger partial charge in [0.2, 0.25) is 11.2 Å². The standard InChI is InChI=1S/C11H15ClN6O/c1-7(2)8(6-19)14-10-15-9(12)16-11(17-10)18-5-3-4-13-18/h3-5,7-8,19H,6H2,1-2H3,(H,14,15,16,17). The van der Waals surface area contributed by atoms with E-state index in [2.05, 4.69) is 25.4 Å². The molecule has 2 aromatic rings. The molecule has 0 aliphatic heterocycles. The van der Waals surface area contributed by atoms with Crippen molar-refractivity contribution in [3.05, 3.63) is 23.7 Å². The lowest BCUT2D eigenvalue weighted by Crippen LogP contribution is -2.30. The molecule has 0 aliphatic carbocycles. The van der Waals surface area contributed by atoms with Gasteiger partial charge in [-0.2, -0.15) is 20.1 Å². The van der Waals surface area contributed by atoms with Gasteiger partial charge in [-0.25, -0.2) is 4.68 Å². The second-order valence-corrected chi connectivity index (χ2v) is 4.69. The molecule has 1 unspecified atom stereocenters. The molecule has 8 heteroatoms. The van der Waals surface area contributed by atoms with E-state index in [9.17, 15) is 5.11 Å². The van der Waals surface area contributed by atoms with Gasteiger partial charge in [0.05, 0.1) is 12.6 Å². The van der Waals surface area contributed by atoms with Gasteiger partial charge in [0.1, 0.15) is 0 Å². The van der Waals surface area contributed by atoms with Crippen molar-refractivity contribution in [2.24, 2.45) is 5.92 Å². The lowest BCUT2D eigenvalue weighted by molar-refractivity contribution is 0.248. The summed E-state index contributed by atoms with van der Waals surface area (Å²) in [6.07, 6.45) is 3.33. The van der Waals surface area contributed by atoms with Crippen LogP contribution in [0.1, 0.15) is 13.8 Å². The Morgan fingerprint density at radius 3 is 2.74 bits per heavy atom. The molecule has 2 rings (SSSR count). The highest BCUT2D eigenvalue weighted by Crippen LogP contribution is 2.12. The average molecular weight is 283 g/mol. The van der Waals surface area contributed by atoms with Crippen molar-refractivity contribution in [3.63, 3.8) is 0 Å². The molecule has 19 heavy (non-hydrogen) atoms. The first-order valence-electron chi connectivity index (χ1n) is 5.89. The highest BCUT2D eigenvalue weighted by Gasteiger charge is 2.15. The Morgan fingerprint density at radius 1 is 1.37 bits per heavy atom. The van der Waals surface area contributed by atoms with Crippen molar-refractivity contribution in [3.8, 4) is 5.95 Å². The summed E-state index contributed by atoms with van der Waals surface area (Å²) in [6.45, 7) is 3.97. The van der Waals surface area contributed by atoms with Gasteiger partial charge in [0.15, 0.2) is 0 Å². The number of aliphatic hydroxyl groups excluding tert-OH is 1. The summed E-state index contributed by atoms with van der Waals surface area (Å²) in [4.78, 5) is 12.2. The highest BCUT2D eigenvalue weighted by molar-refractivity contribution is 6.28. The summed E-state index contributed by atoms with van der Waals surface area (Å²) < 4.78 is 1.49. The van der Waals surface area contributed by atoms with Crippen LogP contribution in [0.4, 0.5) is 5.95 Å². The SMILES string of the molecule is CC(C)C(CO)Nc1nc(Cl)nc(-n2cccn2)n1. The zero-order valence-corrected chi connectivity index (χ0v) is 11.4. The summed E-state index contributed by atoms with van der Waals surface area (Å²) in [5, 5.41) is 16.4. The van der Waals surface area contributed by atoms with E-state index >= 15 is 0 Å². The second-order valence-electron chi connectivity index (χ2n) is 4.36. The Balaban J connectivity index is 2.27. The first-order chi connectivity index (χ1) is 9.10. The maximum Gasteiger partial charge on any atom is 0.256 e. The maximum atomic E-state index is 9.30. The summed E-state index contributed by atoms with van der Waals surface area (Å²) in [7, 11) is 0. The molecule has 102 valence electrons. The van der Waals surface area contributed by atoms with E-state index in [4.69, 9.17) is 11.6 Å². The third kappa shape index (κ3) is 3.39. The number of hydrogen-bond donors (Lipinski definition) is 2. The smallest absolute Gasteiger partial charge is 0.256 e. The number of nitrogens with one attached hydrogen (secondary N) is 1. The molecule has 2 N–H and O–H groups in total. The summed E-state index contributed by atoms with van der Waals surface area (Å²) >= 11 is 5.87. The average Bonchev–Trinajstić information content (AvgIpc) is 2.88. The fourth-order valence-electron chi connectivity index (χ4n) is 1.48. The van der Waals surface area contributed by atoms with Gasteiger partial charge in [0.25, 0.3) is 5.95 Å². The quantitative estimate of drug-likeness (QED) is 0.855. The van der Waals surface area contributed by atoms with E-state index < -0.39 is 0 Å². The third-order valence-corrected chi connectivity index (χ3v) is 2.79. The molecule has 0 bridgehead atoms. The topological polar surface area (TPSA) is 88.8 Å². The lowest BCUT2D eigenvalue weighted by atomic mass is 10.1. The zero-order chi connectivity index (χ0) is 13.8. The van der Waals surface area contributed by atoms with Crippen LogP contribution in [0.15, 0.2) is 18.5 Å². The van der Waals surface area contributed by atoms with Crippen molar-refractivity contribution < 1.29 is 5.11 Å². The number of nitrogens with zero attached hydrogens (tertiary/aromatic N) is 5. The molecular formula is C11H15ClN6O. The van der Waals surface area contributed by atoms with Gasteiger partial charge in [-0.1, -0.05) is 13.8 Å². The Labute approximate surface area is 115 Å². The number of hydrogen-bond acceptors (Lipinski definition) is 6. The third-order valence-electron chi connectivity index (χ3n) is 2.62. The Bertz CT molecular complexity index is 530. The van der Waals surface area contributed by atoms with E-state index in [-0.39, 0.29) is 23.9 Å². The minimum absolute atomic E-state index is 0.0158. The molecule has 0 spiro atoms. The lowest BCUT2D eigenvalue weighted by Gasteiger charge is -2.19. The molecule has 0 saturated carbocycles. The number of anilines is 1. The van der Waals surface area contributed by atoms with Crippen molar-refractivity contribution in [1.29, 1.82) is 0 Å². The number of aromatic nitrogens is 5. The molecule has 2 aromatic heterocycles. The van der Waals surface area contributed by atoms with Gasteiger partial charge in [-0.3, -0.25) is 0 Å². The monoisotopic (exact) mass is 282 g/mol. The Morgan fingerprint density at radius 2 is 2.16 bits per heavy atom. The van der Waals surface area contributed by atoms with Crippen LogP contribution in [-0.4, -0.2) is 42.5 Å². The van der Waals surface area contributed by atoms with Gasteiger partial charge >= 0.3 is 0 Å². The van der Waals surface area contributed by atoms with Crippen LogP contribution in [-0.2, 0) is 0 Å². The highest BCUT2D eigenvalue weighted by atomic mass is 35.5. The molecule has 0 amide bonds. The van der Waals surface area contributed by atoms with Gasteiger partial charge < -0.3 is 10.4 Å². The fourth-order valence-corrected chi connectivity index (χ4v) is 1.64. The number of rotatable bonds is 5. The van der Waals surface area contributed by atoms with Crippen LogP contribution < -0.4 is 5.32 Å². The predicted molar refractivity (Wildman–Crippen MR) is 71.3 cm³/mol. The predicted octanol–water partition coefficient (Wildman–Crippen LogP) is 1.14. The molecule has 0 saturated heterocycles. The summed E-state index contributed by atoms with van der Waals surface area (Å²) in [5.74, 6) is 0.875. The van der Waals surface area contributed by atoms with Crippen LogP contribution in [0.3, 0.4) is 0 Å². The minimum Gasteiger partial charge on any atom is -0.394 e. The van der Waals surface area contributed by atoms with Gasteiger partial charge in [0, 0.05) is 12.4 Å². The molecule has 0 aromatic carbocycles. The van der Waals surface area contributed by atoms with E-state index in [0.717, 1.165) is 0 Å². The molecule has 2 heterocycles. The van der Waals surface area contributed by atoms with Crippen molar-refractivity contribution >= 4 is 17.5 Å². The van der Waals surface area contributed by atoms with Gasteiger partial charge in [-0.15, -0.1) is 0 Å². The molecule has 0 radical (unpaired) electrons. The van der Waals surface area contributed by atoms with Crippen LogP contribution in [0, 0.1) is 5.92 Å². The molecular weight excluding hydrogens is 268 g/mol. The maximum absolute atomic E-state index is 9.30. The molecule has 1 atom stereocenters.